The summed E-state index contributed by atoms with van der Waals surface area (Å²) in [6, 6.07) is 15.2. The van der Waals surface area contributed by atoms with Crippen LogP contribution in [0.3, 0.4) is 0 Å². The van der Waals surface area contributed by atoms with Crippen LogP contribution in [0.25, 0.3) is 32.8 Å². The van der Waals surface area contributed by atoms with E-state index in [4.69, 9.17) is 11.6 Å². The number of hydrogen-bond donors (Lipinski definition) is 1. The molecule has 0 unspecified atom stereocenters. The lowest BCUT2D eigenvalue weighted by Gasteiger charge is -2.09. The van der Waals surface area contributed by atoms with E-state index < -0.39 is 0 Å². The van der Waals surface area contributed by atoms with E-state index in [2.05, 4.69) is 9.97 Å². The third kappa shape index (κ3) is 1.47. The highest BCUT2D eigenvalue weighted by molar-refractivity contribution is 6.39. The molecule has 20 heavy (non-hydrogen) atoms. The third-order valence-electron chi connectivity index (χ3n) is 3.42. The molecule has 4 aromatic rings. The second-order valence-corrected chi connectivity index (χ2v) is 5.00. The van der Waals surface area contributed by atoms with Gasteiger partial charge < -0.3 is 5.11 Å². The zero-order valence-corrected chi connectivity index (χ0v) is 11.1. The third-order valence-corrected chi connectivity index (χ3v) is 3.80. The lowest BCUT2D eigenvalue weighted by atomic mass is 10.1. The van der Waals surface area contributed by atoms with Gasteiger partial charge in [0.05, 0.1) is 16.1 Å². The average molecular weight is 281 g/mol. The minimum Gasteiger partial charge on any atom is -0.504 e. The van der Waals surface area contributed by atoms with Gasteiger partial charge in [0.25, 0.3) is 0 Å². The summed E-state index contributed by atoms with van der Waals surface area (Å²) in [6.07, 6.45) is 0. The molecule has 96 valence electrons. The first-order valence-corrected chi connectivity index (χ1v) is 6.59. The summed E-state index contributed by atoms with van der Waals surface area (Å²) >= 11 is 6.24. The number of phenols is 1. The minimum atomic E-state index is -0.0152. The topological polar surface area (TPSA) is 46.0 Å². The van der Waals surface area contributed by atoms with E-state index >= 15 is 0 Å². The molecule has 0 atom stereocenters. The van der Waals surface area contributed by atoms with Crippen molar-refractivity contribution in [3.63, 3.8) is 0 Å². The van der Waals surface area contributed by atoms with Gasteiger partial charge in [-0.25, -0.2) is 9.97 Å². The fourth-order valence-electron chi connectivity index (χ4n) is 2.47. The van der Waals surface area contributed by atoms with Gasteiger partial charge in [0.2, 0.25) is 0 Å². The van der Waals surface area contributed by atoms with Crippen molar-refractivity contribution >= 4 is 44.4 Å². The Kier molecular flexibility index (Phi) is 2.32. The Balaban J connectivity index is 2.33. The fraction of sp³-hybridized carbons (Fsp3) is 0. The maximum Gasteiger partial charge on any atom is 0.162 e. The summed E-state index contributed by atoms with van der Waals surface area (Å²) in [6.45, 7) is 0. The molecule has 0 saturated carbocycles. The molecule has 4 rings (SSSR count). The highest BCUT2D eigenvalue weighted by Crippen LogP contribution is 2.39. The Hall–Kier alpha value is -2.39. The first-order chi connectivity index (χ1) is 9.75. The van der Waals surface area contributed by atoms with Gasteiger partial charge in [-0.15, -0.1) is 0 Å². The highest BCUT2D eigenvalue weighted by atomic mass is 35.5. The molecule has 0 radical (unpaired) electrons. The molecule has 1 aromatic heterocycles. The van der Waals surface area contributed by atoms with Crippen LogP contribution >= 0.6 is 11.6 Å². The molecular weight excluding hydrogens is 272 g/mol. The summed E-state index contributed by atoms with van der Waals surface area (Å²) in [5.74, 6) is -0.0152. The molecule has 0 amide bonds. The van der Waals surface area contributed by atoms with Gasteiger partial charge >= 0.3 is 0 Å². The van der Waals surface area contributed by atoms with Crippen LogP contribution in [-0.4, -0.2) is 15.1 Å². The maximum absolute atomic E-state index is 10.3. The molecule has 0 aliphatic carbocycles. The highest BCUT2D eigenvalue weighted by Gasteiger charge is 2.14. The van der Waals surface area contributed by atoms with Crippen LogP contribution < -0.4 is 0 Å². The molecule has 0 aliphatic heterocycles. The van der Waals surface area contributed by atoms with Crippen molar-refractivity contribution in [1.29, 1.82) is 0 Å². The average Bonchev–Trinajstić information content (AvgIpc) is 2.51. The quantitative estimate of drug-likeness (QED) is 0.386. The molecule has 0 saturated heterocycles. The Bertz CT molecular complexity index is 982. The second kappa shape index (κ2) is 4.05. The monoisotopic (exact) mass is 280 g/mol. The molecule has 4 heteroatoms. The molecule has 0 bridgehead atoms. The van der Waals surface area contributed by atoms with Gasteiger partial charge in [-0.2, -0.15) is 0 Å². The number of rotatable bonds is 0. The van der Waals surface area contributed by atoms with Crippen molar-refractivity contribution in [3.05, 3.63) is 53.6 Å². The van der Waals surface area contributed by atoms with Crippen molar-refractivity contribution in [1.82, 2.24) is 9.97 Å². The predicted molar refractivity (Wildman–Crippen MR) is 81.2 cm³/mol. The number of benzene rings is 3. The molecule has 1 N–H and O–H groups in total. The van der Waals surface area contributed by atoms with Gasteiger partial charge in [0, 0.05) is 10.8 Å². The Morgan fingerprint density at radius 2 is 1.30 bits per heavy atom. The summed E-state index contributed by atoms with van der Waals surface area (Å²) in [5.41, 5.74) is 2.64. The van der Waals surface area contributed by atoms with E-state index in [0.717, 1.165) is 21.8 Å². The summed E-state index contributed by atoms with van der Waals surface area (Å²) in [5, 5.41) is 12.3. The number of halogens is 1. The summed E-state index contributed by atoms with van der Waals surface area (Å²) in [7, 11) is 0. The standard InChI is InChI=1S/C16H9ClN2O/c17-13-9-5-1-2-6-10(9)14-15(16(13)20)19-12-8-4-3-7-11(12)18-14/h1-8,20H. The summed E-state index contributed by atoms with van der Waals surface area (Å²) < 4.78 is 0. The largest absolute Gasteiger partial charge is 0.504 e. The van der Waals surface area contributed by atoms with Crippen LogP contribution in [0.1, 0.15) is 0 Å². The van der Waals surface area contributed by atoms with Gasteiger partial charge in [0.15, 0.2) is 5.75 Å². The predicted octanol–water partition coefficient (Wildman–Crippen LogP) is 4.30. The van der Waals surface area contributed by atoms with Crippen LogP contribution in [0.5, 0.6) is 5.75 Å². The number of aromatic nitrogens is 2. The SMILES string of the molecule is Oc1c(Cl)c2ccccc2c2nc3ccccc3nc12. The van der Waals surface area contributed by atoms with Gasteiger partial charge in [-0.05, 0) is 12.1 Å². The Morgan fingerprint density at radius 1 is 0.750 bits per heavy atom. The van der Waals surface area contributed by atoms with E-state index in [-0.39, 0.29) is 5.75 Å². The number of nitrogens with zero attached hydrogens (tertiary/aromatic N) is 2. The van der Waals surface area contributed by atoms with Crippen molar-refractivity contribution in [3.8, 4) is 5.75 Å². The smallest absolute Gasteiger partial charge is 0.162 e. The van der Waals surface area contributed by atoms with Crippen molar-refractivity contribution < 1.29 is 5.11 Å². The Morgan fingerprint density at radius 3 is 2.00 bits per heavy atom. The zero-order valence-electron chi connectivity index (χ0n) is 10.3. The van der Waals surface area contributed by atoms with E-state index in [1.807, 2.05) is 48.5 Å². The van der Waals surface area contributed by atoms with E-state index in [9.17, 15) is 5.11 Å². The number of phenolic OH excluding ortho intramolecular Hbond substituents is 1. The number of hydrogen-bond acceptors (Lipinski definition) is 3. The lowest BCUT2D eigenvalue weighted by molar-refractivity contribution is 0.481. The first-order valence-electron chi connectivity index (χ1n) is 6.21. The number of para-hydroxylation sites is 2. The number of fused-ring (bicyclic) bond motifs is 4. The lowest BCUT2D eigenvalue weighted by Crippen LogP contribution is -1.90. The van der Waals surface area contributed by atoms with E-state index in [1.54, 1.807) is 0 Å². The van der Waals surface area contributed by atoms with Crippen LogP contribution in [0, 0.1) is 0 Å². The second-order valence-electron chi connectivity index (χ2n) is 4.62. The Labute approximate surface area is 119 Å². The van der Waals surface area contributed by atoms with Crippen molar-refractivity contribution in [2.45, 2.75) is 0 Å². The van der Waals surface area contributed by atoms with Crippen molar-refractivity contribution in [2.24, 2.45) is 0 Å². The normalized spacial score (nSPS) is 11.4. The van der Waals surface area contributed by atoms with Gasteiger partial charge in [-0.1, -0.05) is 48.0 Å². The molecule has 0 fully saturated rings. The van der Waals surface area contributed by atoms with Crippen molar-refractivity contribution in [2.75, 3.05) is 0 Å². The van der Waals surface area contributed by atoms with Crippen LogP contribution in [0.4, 0.5) is 0 Å². The molecule has 0 spiro atoms. The van der Waals surface area contributed by atoms with Crippen LogP contribution in [0.2, 0.25) is 5.02 Å². The number of aromatic hydroxyl groups is 1. The minimum absolute atomic E-state index is 0.0152. The maximum atomic E-state index is 10.3. The van der Waals surface area contributed by atoms with E-state index in [1.165, 1.54) is 0 Å². The first kappa shape index (κ1) is 11.4. The molecule has 3 aromatic carbocycles. The van der Waals surface area contributed by atoms with Crippen LogP contribution in [-0.2, 0) is 0 Å². The molecule has 1 heterocycles. The zero-order chi connectivity index (χ0) is 13.7. The molecule has 0 aliphatic rings. The fourth-order valence-corrected chi connectivity index (χ4v) is 2.72. The van der Waals surface area contributed by atoms with E-state index in [0.29, 0.717) is 16.1 Å². The molecular formula is C16H9ClN2O. The molecule has 3 nitrogen and oxygen atoms in total. The van der Waals surface area contributed by atoms with Gasteiger partial charge in [0.1, 0.15) is 11.0 Å². The summed E-state index contributed by atoms with van der Waals surface area (Å²) in [4.78, 5) is 9.12. The van der Waals surface area contributed by atoms with Crippen LogP contribution in [0.15, 0.2) is 48.5 Å². The van der Waals surface area contributed by atoms with Gasteiger partial charge in [-0.3, -0.25) is 0 Å².